The second kappa shape index (κ2) is 7.08. The Morgan fingerprint density at radius 1 is 1.11 bits per heavy atom. The Morgan fingerprint density at radius 2 is 1.81 bits per heavy atom. The van der Waals surface area contributed by atoms with Crippen LogP contribution >= 0.6 is 11.8 Å². The number of carbonyl (C=O) groups is 2. The second-order valence-corrected chi connectivity index (χ2v) is 7.36. The molecule has 4 rings (SSSR count). The Morgan fingerprint density at radius 3 is 2.48 bits per heavy atom. The van der Waals surface area contributed by atoms with Crippen molar-refractivity contribution in [2.45, 2.75) is 17.5 Å². The van der Waals surface area contributed by atoms with Gasteiger partial charge in [0.15, 0.2) is 0 Å². The molecular weight excluding hydrogens is 365 g/mol. The number of carbonyl (C=O) groups excluding carboxylic acids is 2. The molecule has 1 atom stereocenters. The molecule has 0 fully saturated rings. The number of rotatable bonds is 4. The summed E-state index contributed by atoms with van der Waals surface area (Å²) < 4.78 is 13.1. The predicted molar refractivity (Wildman–Crippen MR) is 101 cm³/mol. The molecule has 2 aliphatic rings. The van der Waals surface area contributed by atoms with Crippen molar-refractivity contribution in [2.24, 2.45) is 0 Å². The average Bonchev–Trinajstić information content (AvgIpc) is 2.98. The molecule has 5 nitrogen and oxygen atoms in total. The maximum Gasteiger partial charge on any atom is 0.319 e. The molecule has 2 N–H and O–H groups in total. The molecule has 138 valence electrons. The zero-order valence-corrected chi connectivity index (χ0v) is 15.5. The first-order chi connectivity index (χ1) is 13.0. The largest absolute Gasteiger partial charge is 0.329 e. The minimum absolute atomic E-state index is 0.124. The first kappa shape index (κ1) is 17.6. The van der Waals surface area contributed by atoms with E-state index in [9.17, 15) is 14.0 Å². The van der Waals surface area contributed by atoms with Crippen LogP contribution in [0, 0.1) is 5.82 Å². The van der Waals surface area contributed by atoms with Crippen LogP contribution in [-0.2, 0) is 11.3 Å². The number of hydrogen-bond donors (Lipinski definition) is 2. The van der Waals surface area contributed by atoms with E-state index in [-0.39, 0.29) is 17.8 Å². The van der Waals surface area contributed by atoms with Crippen molar-refractivity contribution < 1.29 is 14.0 Å². The van der Waals surface area contributed by atoms with Crippen molar-refractivity contribution >= 4 is 23.7 Å². The topological polar surface area (TPSA) is 61.4 Å². The molecule has 0 spiro atoms. The predicted octanol–water partition coefficient (Wildman–Crippen LogP) is 3.20. The van der Waals surface area contributed by atoms with Crippen LogP contribution in [0.5, 0.6) is 0 Å². The SMILES string of the molecule is CSc1ccc(C2NC(=O)NC3=C2C(=O)N(Cc2ccc(F)cc2)C3)cc1. The van der Waals surface area contributed by atoms with Crippen molar-refractivity contribution in [1.29, 1.82) is 0 Å². The minimum Gasteiger partial charge on any atom is -0.329 e. The van der Waals surface area contributed by atoms with E-state index in [4.69, 9.17) is 0 Å². The molecule has 0 saturated heterocycles. The highest BCUT2D eigenvalue weighted by Gasteiger charge is 2.40. The van der Waals surface area contributed by atoms with Crippen LogP contribution in [0.15, 0.2) is 64.7 Å². The normalized spacial score (nSPS) is 19.0. The summed E-state index contributed by atoms with van der Waals surface area (Å²) in [5, 5.41) is 5.61. The highest BCUT2D eigenvalue weighted by Crippen LogP contribution is 2.33. The number of nitrogens with zero attached hydrogens (tertiary/aromatic N) is 1. The van der Waals surface area contributed by atoms with Gasteiger partial charge in [-0.15, -0.1) is 11.8 Å². The zero-order chi connectivity index (χ0) is 19.0. The van der Waals surface area contributed by atoms with Crippen molar-refractivity contribution in [1.82, 2.24) is 15.5 Å². The number of hydrogen-bond acceptors (Lipinski definition) is 3. The lowest BCUT2D eigenvalue weighted by Crippen LogP contribution is -2.44. The van der Waals surface area contributed by atoms with Crippen LogP contribution in [0.1, 0.15) is 17.2 Å². The maximum absolute atomic E-state index is 13.1. The number of thioether (sulfide) groups is 1. The van der Waals surface area contributed by atoms with Crippen LogP contribution in [0.2, 0.25) is 0 Å². The van der Waals surface area contributed by atoms with Gasteiger partial charge in [-0.3, -0.25) is 4.79 Å². The van der Waals surface area contributed by atoms with Crippen LogP contribution in [0.4, 0.5) is 9.18 Å². The van der Waals surface area contributed by atoms with E-state index in [1.165, 1.54) is 12.1 Å². The molecule has 27 heavy (non-hydrogen) atoms. The number of halogens is 1. The molecule has 0 bridgehead atoms. The fourth-order valence-corrected chi connectivity index (χ4v) is 3.82. The van der Waals surface area contributed by atoms with Crippen molar-refractivity contribution in [3.8, 4) is 0 Å². The van der Waals surface area contributed by atoms with Crippen LogP contribution < -0.4 is 10.6 Å². The number of benzene rings is 2. The first-order valence-electron chi connectivity index (χ1n) is 8.53. The van der Waals surface area contributed by atoms with Crippen molar-refractivity contribution in [2.75, 3.05) is 12.8 Å². The molecule has 0 saturated carbocycles. The van der Waals surface area contributed by atoms with E-state index in [0.717, 1.165) is 16.0 Å². The fraction of sp³-hybridized carbons (Fsp3) is 0.200. The van der Waals surface area contributed by atoms with E-state index in [0.29, 0.717) is 24.4 Å². The van der Waals surface area contributed by atoms with E-state index < -0.39 is 6.04 Å². The van der Waals surface area contributed by atoms with Crippen LogP contribution in [0.3, 0.4) is 0 Å². The molecule has 7 heteroatoms. The standard InChI is InChI=1S/C20H18FN3O2S/c1-27-15-8-4-13(5-9-15)18-17-16(22-20(26)23-18)11-24(19(17)25)10-12-2-6-14(21)7-3-12/h2-9,18H,10-11H2,1H3,(H2,22,23,26). The van der Waals surface area contributed by atoms with Crippen molar-refractivity contribution in [3.63, 3.8) is 0 Å². The molecular formula is C20H18FN3O2S. The van der Waals surface area contributed by atoms with Crippen LogP contribution in [-0.4, -0.2) is 29.6 Å². The molecule has 3 amide bonds. The van der Waals surface area contributed by atoms with Gasteiger partial charge in [-0.25, -0.2) is 9.18 Å². The summed E-state index contributed by atoms with van der Waals surface area (Å²) in [6.07, 6.45) is 2.00. The van der Waals surface area contributed by atoms with Crippen LogP contribution in [0.25, 0.3) is 0 Å². The van der Waals surface area contributed by atoms with Crippen molar-refractivity contribution in [3.05, 3.63) is 76.7 Å². The Labute approximate surface area is 160 Å². The summed E-state index contributed by atoms with van der Waals surface area (Å²) in [5.41, 5.74) is 2.90. The van der Waals surface area contributed by atoms with E-state index in [2.05, 4.69) is 10.6 Å². The average molecular weight is 383 g/mol. The quantitative estimate of drug-likeness (QED) is 0.797. The molecule has 1 unspecified atom stereocenters. The van der Waals surface area contributed by atoms with E-state index >= 15 is 0 Å². The third kappa shape index (κ3) is 3.42. The molecule has 0 aromatic heterocycles. The van der Waals surface area contributed by atoms with E-state index in [1.54, 1.807) is 28.8 Å². The van der Waals surface area contributed by atoms with Gasteiger partial charge in [0, 0.05) is 11.4 Å². The summed E-state index contributed by atoms with van der Waals surface area (Å²) in [5.74, 6) is -0.435. The second-order valence-electron chi connectivity index (χ2n) is 6.48. The van der Waals surface area contributed by atoms with Gasteiger partial charge in [0.05, 0.1) is 23.9 Å². The smallest absolute Gasteiger partial charge is 0.319 e. The fourth-order valence-electron chi connectivity index (χ4n) is 3.41. The highest BCUT2D eigenvalue weighted by atomic mass is 32.2. The third-order valence-corrected chi connectivity index (χ3v) is 5.50. The zero-order valence-electron chi connectivity index (χ0n) is 14.7. The van der Waals surface area contributed by atoms with E-state index in [1.807, 2.05) is 30.5 Å². The Hall–Kier alpha value is -2.80. The lowest BCUT2D eigenvalue weighted by Gasteiger charge is -2.25. The summed E-state index contributed by atoms with van der Waals surface area (Å²) in [7, 11) is 0. The molecule has 0 aliphatic carbocycles. The van der Waals surface area contributed by atoms with Gasteiger partial charge in [0.2, 0.25) is 0 Å². The Bertz CT molecular complexity index is 925. The summed E-state index contributed by atoms with van der Waals surface area (Å²) in [4.78, 5) is 27.9. The number of nitrogens with one attached hydrogen (secondary N) is 2. The van der Waals surface area contributed by atoms with Gasteiger partial charge in [0.1, 0.15) is 5.82 Å². The monoisotopic (exact) mass is 383 g/mol. The third-order valence-electron chi connectivity index (χ3n) is 4.76. The summed E-state index contributed by atoms with van der Waals surface area (Å²) >= 11 is 1.63. The van der Waals surface area contributed by atoms with Gasteiger partial charge in [-0.05, 0) is 41.6 Å². The lowest BCUT2D eigenvalue weighted by molar-refractivity contribution is -0.126. The highest BCUT2D eigenvalue weighted by molar-refractivity contribution is 7.98. The molecule has 2 aromatic carbocycles. The molecule has 2 heterocycles. The number of amides is 3. The number of urea groups is 1. The Kier molecular flexibility index (Phi) is 4.61. The molecule has 0 radical (unpaired) electrons. The summed E-state index contributed by atoms with van der Waals surface area (Å²) in [6.45, 7) is 0.693. The molecule has 2 aliphatic heterocycles. The van der Waals surface area contributed by atoms with Gasteiger partial charge in [0.25, 0.3) is 5.91 Å². The first-order valence-corrected chi connectivity index (χ1v) is 9.76. The van der Waals surface area contributed by atoms with Gasteiger partial charge in [-0.2, -0.15) is 0 Å². The van der Waals surface area contributed by atoms with Gasteiger partial charge >= 0.3 is 6.03 Å². The molecule has 2 aromatic rings. The van der Waals surface area contributed by atoms with Gasteiger partial charge in [-0.1, -0.05) is 24.3 Å². The Balaban J connectivity index is 1.60. The summed E-state index contributed by atoms with van der Waals surface area (Å²) in [6, 6.07) is 13.1. The minimum atomic E-state index is -0.477. The van der Waals surface area contributed by atoms with Gasteiger partial charge < -0.3 is 15.5 Å². The lowest BCUT2D eigenvalue weighted by atomic mass is 9.96. The maximum atomic E-state index is 13.1.